The molecule has 5 heteroatoms. The quantitative estimate of drug-likeness (QED) is 0.939. The second-order valence-electron chi connectivity index (χ2n) is 5.85. The lowest BCUT2D eigenvalue weighted by Gasteiger charge is -2.14. The first-order valence-electron chi connectivity index (χ1n) is 7.53. The molecule has 0 spiro atoms. The molecule has 0 radical (unpaired) electrons. The number of carbonyl (C=O) groups excluding carboxylic acids is 1. The van der Waals surface area contributed by atoms with Crippen LogP contribution in [-0.2, 0) is 0 Å². The van der Waals surface area contributed by atoms with Gasteiger partial charge in [0.15, 0.2) is 5.69 Å². The van der Waals surface area contributed by atoms with Crippen molar-refractivity contribution in [3.05, 3.63) is 58.0 Å². The first-order chi connectivity index (χ1) is 10.6. The summed E-state index contributed by atoms with van der Waals surface area (Å²) in [6.45, 7) is 3.77. The molecule has 1 aliphatic rings. The number of aryl methyl sites for hydroxylation is 1. The first-order valence-corrected chi connectivity index (χ1v) is 7.53. The largest absolute Gasteiger partial charge is 0.348 e. The Balaban J connectivity index is 1.94. The van der Waals surface area contributed by atoms with Gasteiger partial charge in [0.1, 0.15) is 0 Å². The van der Waals surface area contributed by atoms with Crippen molar-refractivity contribution in [1.82, 2.24) is 15.1 Å². The van der Waals surface area contributed by atoms with Crippen LogP contribution in [0, 0.1) is 12.8 Å². The molecule has 114 valence electrons. The van der Waals surface area contributed by atoms with E-state index in [1.54, 1.807) is 11.6 Å². The molecule has 1 aromatic heterocycles. The topological polar surface area (TPSA) is 64.0 Å². The molecule has 2 aromatic rings. The Kier molecular flexibility index (Phi) is 3.79. The van der Waals surface area contributed by atoms with Crippen molar-refractivity contribution in [2.24, 2.45) is 5.92 Å². The Hall–Kier alpha value is -2.43. The summed E-state index contributed by atoms with van der Waals surface area (Å²) in [6.07, 6.45) is 2.27. The van der Waals surface area contributed by atoms with Crippen molar-refractivity contribution in [1.29, 1.82) is 0 Å². The second-order valence-corrected chi connectivity index (χ2v) is 5.85. The first kappa shape index (κ1) is 14.5. The molecule has 5 nitrogen and oxygen atoms in total. The number of benzene rings is 1. The smallest absolute Gasteiger partial charge is 0.276 e. The number of nitrogens with one attached hydrogen (secondary N) is 1. The summed E-state index contributed by atoms with van der Waals surface area (Å²) in [5.74, 6) is 0.139. The summed E-state index contributed by atoms with van der Waals surface area (Å²) in [5.41, 5.74) is 1.12. The lowest BCUT2D eigenvalue weighted by atomic mass is 10.2. The lowest BCUT2D eigenvalue weighted by molar-refractivity contribution is 0.0927. The number of amides is 1. The van der Waals surface area contributed by atoms with Crippen LogP contribution in [-0.4, -0.2) is 21.7 Å². The lowest BCUT2D eigenvalue weighted by Crippen LogP contribution is -2.38. The van der Waals surface area contributed by atoms with Gasteiger partial charge < -0.3 is 5.32 Å². The highest BCUT2D eigenvalue weighted by molar-refractivity contribution is 5.92. The Morgan fingerprint density at radius 2 is 2.00 bits per heavy atom. The van der Waals surface area contributed by atoms with E-state index >= 15 is 0 Å². The Morgan fingerprint density at radius 3 is 2.64 bits per heavy atom. The van der Waals surface area contributed by atoms with Crippen molar-refractivity contribution in [2.45, 2.75) is 32.7 Å². The summed E-state index contributed by atoms with van der Waals surface area (Å²) in [5, 5.41) is 7.15. The minimum atomic E-state index is -0.394. The molecule has 0 bridgehead atoms. The standard InChI is InChI=1S/C17H19N3O2/c1-11-10-15(21)16(17(22)18-12(2)13-8-9-13)19-20(11)14-6-4-3-5-7-14/h3-7,10,12-13H,8-9H2,1-2H3,(H,18,22). The molecule has 1 amide bonds. The van der Waals surface area contributed by atoms with Gasteiger partial charge in [0.05, 0.1) is 5.69 Å². The maximum atomic E-state index is 12.3. The summed E-state index contributed by atoms with van der Waals surface area (Å²) in [4.78, 5) is 24.4. The van der Waals surface area contributed by atoms with Crippen molar-refractivity contribution in [2.75, 3.05) is 0 Å². The van der Waals surface area contributed by atoms with Crippen LogP contribution in [0.15, 0.2) is 41.2 Å². The Morgan fingerprint density at radius 1 is 1.32 bits per heavy atom. The predicted octanol–water partition coefficient (Wildman–Crippen LogP) is 2.07. The van der Waals surface area contributed by atoms with E-state index in [1.807, 2.05) is 37.3 Å². The van der Waals surface area contributed by atoms with Gasteiger partial charge in [0, 0.05) is 17.8 Å². The van der Waals surface area contributed by atoms with Crippen LogP contribution in [0.25, 0.3) is 5.69 Å². The highest BCUT2D eigenvalue weighted by Gasteiger charge is 2.30. The Bertz CT molecular complexity index is 748. The van der Waals surface area contributed by atoms with Crippen LogP contribution in [0.5, 0.6) is 0 Å². The van der Waals surface area contributed by atoms with E-state index in [0.29, 0.717) is 11.6 Å². The number of hydrogen-bond donors (Lipinski definition) is 1. The molecular weight excluding hydrogens is 278 g/mol. The van der Waals surface area contributed by atoms with E-state index in [4.69, 9.17) is 0 Å². The third-order valence-corrected chi connectivity index (χ3v) is 4.01. The normalized spacial score (nSPS) is 15.4. The van der Waals surface area contributed by atoms with Crippen LogP contribution in [0.2, 0.25) is 0 Å². The van der Waals surface area contributed by atoms with E-state index in [2.05, 4.69) is 10.4 Å². The molecule has 1 unspecified atom stereocenters. The average Bonchev–Trinajstić information content (AvgIpc) is 3.32. The van der Waals surface area contributed by atoms with Gasteiger partial charge in [0.25, 0.3) is 5.91 Å². The number of carbonyl (C=O) groups is 1. The third-order valence-electron chi connectivity index (χ3n) is 4.01. The van der Waals surface area contributed by atoms with Gasteiger partial charge in [-0.1, -0.05) is 18.2 Å². The van der Waals surface area contributed by atoms with Gasteiger partial charge in [0.2, 0.25) is 5.43 Å². The van der Waals surface area contributed by atoms with Crippen LogP contribution < -0.4 is 10.7 Å². The summed E-state index contributed by atoms with van der Waals surface area (Å²) in [7, 11) is 0. The molecule has 1 N–H and O–H groups in total. The zero-order valence-electron chi connectivity index (χ0n) is 12.7. The number of para-hydroxylation sites is 1. The maximum Gasteiger partial charge on any atom is 0.276 e. The minimum Gasteiger partial charge on any atom is -0.348 e. The van der Waals surface area contributed by atoms with Crippen molar-refractivity contribution >= 4 is 5.91 Å². The highest BCUT2D eigenvalue weighted by atomic mass is 16.2. The molecule has 1 aliphatic carbocycles. The highest BCUT2D eigenvalue weighted by Crippen LogP contribution is 2.32. The van der Waals surface area contributed by atoms with Crippen LogP contribution in [0.4, 0.5) is 0 Å². The van der Waals surface area contributed by atoms with Crippen LogP contribution >= 0.6 is 0 Å². The van der Waals surface area contributed by atoms with Crippen molar-refractivity contribution < 1.29 is 4.79 Å². The van der Waals surface area contributed by atoms with E-state index in [-0.39, 0.29) is 17.2 Å². The summed E-state index contributed by atoms with van der Waals surface area (Å²) in [6, 6.07) is 11.0. The minimum absolute atomic E-state index is 0.0537. The number of hydrogen-bond acceptors (Lipinski definition) is 3. The number of aromatic nitrogens is 2. The molecule has 1 aromatic carbocycles. The van der Waals surface area contributed by atoms with Crippen molar-refractivity contribution in [3.63, 3.8) is 0 Å². The molecule has 0 aliphatic heterocycles. The molecule has 1 atom stereocenters. The average molecular weight is 297 g/mol. The van der Waals surface area contributed by atoms with Crippen molar-refractivity contribution in [3.8, 4) is 5.69 Å². The van der Waals surface area contributed by atoms with Gasteiger partial charge in [-0.3, -0.25) is 9.59 Å². The number of nitrogens with zero attached hydrogens (tertiary/aromatic N) is 2. The number of rotatable bonds is 4. The van der Waals surface area contributed by atoms with Gasteiger partial charge in [-0.2, -0.15) is 5.10 Å². The monoisotopic (exact) mass is 297 g/mol. The molecule has 3 rings (SSSR count). The Labute approximate surface area is 129 Å². The maximum absolute atomic E-state index is 12.3. The molecule has 1 fully saturated rings. The molecule has 1 heterocycles. The molecule has 22 heavy (non-hydrogen) atoms. The van der Waals surface area contributed by atoms with Gasteiger partial charge >= 0.3 is 0 Å². The summed E-state index contributed by atoms with van der Waals surface area (Å²) >= 11 is 0. The van der Waals surface area contributed by atoms with Crippen LogP contribution in [0.1, 0.15) is 35.9 Å². The second kappa shape index (κ2) is 5.75. The van der Waals surface area contributed by atoms with Gasteiger partial charge in [-0.15, -0.1) is 0 Å². The van der Waals surface area contributed by atoms with E-state index in [9.17, 15) is 9.59 Å². The zero-order chi connectivity index (χ0) is 15.7. The van der Waals surface area contributed by atoms with Gasteiger partial charge in [-0.05, 0) is 44.7 Å². The fraction of sp³-hybridized carbons (Fsp3) is 0.353. The van der Waals surface area contributed by atoms with Crippen LogP contribution in [0.3, 0.4) is 0 Å². The predicted molar refractivity (Wildman–Crippen MR) is 84.2 cm³/mol. The fourth-order valence-electron chi connectivity index (χ4n) is 2.52. The van der Waals surface area contributed by atoms with E-state index in [0.717, 1.165) is 18.5 Å². The van der Waals surface area contributed by atoms with Gasteiger partial charge in [-0.25, -0.2) is 4.68 Å². The molecule has 0 saturated heterocycles. The SMILES string of the molecule is Cc1cc(=O)c(C(=O)NC(C)C2CC2)nn1-c1ccccc1. The van der Waals surface area contributed by atoms with E-state index < -0.39 is 5.91 Å². The molecular formula is C17H19N3O2. The fourth-order valence-corrected chi connectivity index (χ4v) is 2.52. The van der Waals surface area contributed by atoms with E-state index in [1.165, 1.54) is 6.07 Å². The molecule has 1 saturated carbocycles. The summed E-state index contributed by atoms with van der Waals surface area (Å²) < 4.78 is 1.62. The zero-order valence-corrected chi connectivity index (χ0v) is 12.7. The third kappa shape index (κ3) is 2.93.